The van der Waals surface area contributed by atoms with E-state index in [9.17, 15) is 0 Å². The second kappa shape index (κ2) is 10.6. The highest BCUT2D eigenvalue weighted by Gasteiger charge is 2.43. The minimum Gasteiger partial charge on any atom is -0.0639 e. The van der Waals surface area contributed by atoms with E-state index in [1.54, 1.807) is 0 Å². The van der Waals surface area contributed by atoms with Gasteiger partial charge in [-0.05, 0) is 112 Å². The molecule has 1 unspecified atom stereocenters. The Morgan fingerprint density at radius 2 is 0.800 bits per heavy atom. The third-order valence-corrected chi connectivity index (χ3v) is 12.0. The summed E-state index contributed by atoms with van der Waals surface area (Å²) in [6, 6.07) is 61.7. The van der Waals surface area contributed by atoms with Crippen molar-refractivity contribution in [2.24, 2.45) is 0 Å². The third-order valence-electron chi connectivity index (χ3n) is 12.0. The van der Waals surface area contributed by atoms with Gasteiger partial charge in [0.05, 0.1) is 0 Å². The molecule has 0 radical (unpaired) electrons. The molecule has 0 aliphatic heterocycles. The number of benzene rings is 8. The summed E-state index contributed by atoms with van der Waals surface area (Å²) >= 11 is 0. The lowest BCUT2D eigenvalue weighted by Gasteiger charge is -2.32. The largest absolute Gasteiger partial charge is 0.0639 e. The molecule has 0 heteroatoms. The quantitative estimate of drug-likeness (QED) is 0.168. The summed E-state index contributed by atoms with van der Waals surface area (Å²) in [6.45, 7) is 7.10. The average Bonchev–Trinajstić information content (AvgIpc) is 3.59. The molecule has 0 heterocycles. The van der Waals surface area contributed by atoms with E-state index in [4.69, 9.17) is 0 Å². The first-order valence-corrected chi connectivity index (χ1v) is 18.0. The van der Waals surface area contributed by atoms with Gasteiger partial charge in [-0.3, -0.25) is 0 Å². The van der Waals surface area contributed by atoms with Crippen LogP contribution in [0.15, 0.2) is 164 Å². The summed E-state index contributed by atoms with van der Waals surface area (Å²) in [6.07, 6.45) is 0.990. The lowest BCUT2D eigenvalue weighted by Crippen LogP contribution is -2.25. The molecule has 1 atom stereocenters. The van der Waals surface area contributed by atoms with Crippen LogP contribution in [-0.4, -0.2) is 0 Å². The fraction of sp³-hybridized carbons (Fsp3) is 0.120. The van der Waals surface area contributed by atoms with Gasteiger partial charge in [0.1, 0.15) is 0 Å². The van der Waals surface area contributed by atoms with Gasteiger partial charge in [0.15, 0.2) is 0 Å². The molecule has 0 amide bonds. The second-order valence-corrected chi connectivity index (χ2v) is 14.7. The summed E-state index contributed by atoms with van der Waals surface area (Å²) in [5.74, 6) is 0. The molecule has 8 aromatic carbocycles. The van der Waals surface area contributed by atoms with E-state index >= 15 is 0 Å². The van der Waals surface area contributed by atoms with Crippen LogP contribution in [0.3, 0.4) is 0 Å². The van der Waals surface area contributed by atoms with E-state index in [2.05, 4.69) is 185 Å². The Balaban J connectivity index is 1.24. The van der Waals surface area contributed by atoms with Gasteiger partial charge in [0, 0.05) is 10.8 Å². The third kappa shape index (κ3) is 3.82. The highest BCUT2D eigenvalue weighted by Crippen LogP contribution is 2.56. The van der Waals surface area contributed by atoms with Crippen molar-refractivity contribution in [3.05, 3.63) is 192 Å². The van der Waals surface area contributed by atoms with Crippen LogP contribution < -0.4 is 0 Å². The van der Waals surface area contributed by atoms with Crippen molar-refractivity contribution in [3.63, 3.8) is 0 Å². The molecule has 0 bridgehead atoms. The second-order valence-electron chi connectivity index (χ2n) is 14.7. The number of fused-ring (bicyclic) bond motifs is 8. The topological polar surface area (TPSA) is 0 Å². The maximum atomic E-state index is 2.52. The Hall–Kier alpha value is -5.72. The first kappa shape index (κ1) is 29.2. The van der Waals surface area contributed by atoms with Crippen LogP contribution in [0.5, 0.6) is 0 Å². The summed E-state index contributed by atoms with van der Waals surface area (Å²) < 4.78 is 0. The zero-order valence-electron chi connectivity index (χ0n) is 28.8. The Kier molecular flexibility index (Phi) is 6.22. The normalized spacial score (nSPS) is 16.6. The van der Waals surface area contributed by atoms with Gasteiger partial charge in [-0.15, -0.1) is 0 Å². The van der Waals surface area contributed by atoms with Gasteiger partial charge in [0.2, 0.25) is 0 Å². The highest BCUT2D eigenvalue weighted by molar-refractivity contribution is 6.21. The van der Waals surface area contributed by atoms with E-state index in [1.165, 1.54) is 93.9 Å². The van der Waals surface area contributed by atoms with Crippen LogP contribution in [0, 0.1) is 0 Å². The van der Waals surface area contributed by atoms with Gasteiger partial charge in [-0.1, -0.05) is 172 Å². The predicted octanol–water partition coefficient (Wildman–Crippen LogP) is 13.4. The van der Waals surface area contributed by atoms with Crippen molar-refractivity contribution < 1.29 is 0 Å². The average molecular weight is 639 g/mol. The fourth-order valence-corrected chi connectivity index (χ4v) is 9.75. The minimum atomic E-state index is -0.205. The molecule has 0 saturated heterocycles. The van der Waals surface area contributed by atoms with Crippen LogP contribution >= 0.6 is 0 Å². The van der Waals surface area contributed by atoms with Crippen molar-refractivity contribution in [2.75, 3.05) is 0 Å². The molecule has 238 valence electrons. The molecule has 50 heavy (non-hydrogen) atoms. The molecule has 0 N–H and O–H groups in total. The molecule has 10 rings (SSSR count). The van der Waals surface area contributed by atoms with E-state index in [0.717, 1.165) is 6.42 Å². The van der Waals surface area contributed by atoms with Gasteiger partial charge in [-0.2, -0.15) is 0 Å². The maximum Gasteiger partial charge on any atom is 0.0461 e. The van der Waals surface area contributed by atoms with E-state index < -0.39 is 0 Å². The molecular formula is C50H38. The first-order chi connectivity index (χ1) is 24.5. The van der Waals surface area contributed by atoms with Gasteiger partial charge >= 0.3 is 0 Å². The summed E-state index contributed by atoms with van der Waals surface area (Å²) in [5, 5.41) is 5.18. The molecule has 2 aliphatic rings. The van der Waals surface area contributed by atoms with Crippen molar-refractivity contribution >= 4 is 21.5 Å². The molecule has 8 aromatic rings. The van der Waals surface area contributed by atoms with Crippen LogP contribution in [0.25, 0.3) is 66.1 Å². The van der Waals surface area contributed by atoms with Crippen molar-refractivity contribution in [3.8, 4) is 44.5 Å². The van der Waals surface area contributed by atoms with Crippen molar-refractivity contribution in [1.82, 2.24) is 0 Å². The fourth-order valence-electron chi connectivity index (χ4n) is 9.75. The molecule has 0 saturated carbocycles. The Morgan fingerprint density at radius 1 is 0.380 bits per heavy atom. The standard InChI is InChI=1S/C50H38/c1-4-50(34-16-6-5-7-17-34)44-25-15-13-19-36(44)38-29-27-33(31-46(38)50)48-41-22-10-8-20-39(41)47(40-21-9-11-23-42(40)48)32-26-28-37-35-18-12-14-24-43(35)49(2,3)45(37)30-32/h5-31H,4H2,1-3H3. The minimum absolute atomic E-state index is 0.0555. The monoisotopic (exact) mass is 638 g/mol. The smallest absolute Gasteiger partial charge is 0.0461 e. The van der Waals surface area contributed by atoms with Crippen LogP contribution in [0.1, 0.15) is 55.0 Å². The summed E-state index contributed by atoms with van der Waals surface area (Å²) in [7, 11) is 0. The van der Waals surface area contributed by atoms with Gasteiger partial charge in [0.25, 0.3) is 0 Å². The van der Waals surface area contributed by atoms with Crippen LogP contribution in [0.4, 0.5) is 0 Å². The predicted molar refractivity (Wildman–Crippen MR) is 212 cm³/mol. The van der Waals surface area contributed by atoms with E-state index in [1.807, 2.05) is 0 Å². The zero-order chi connectivity index (χ0) is 33.6. The summed E-state index contributed by atoms with van der Waals surface area (Å²) in [4.78, 5) is 0. The molecule has 0 fully saturated rings. The van der Waals surface area contributed by atoms with Crippen LogP contribution in [-0.2, 0) is 10.8 Å². The van der Waals surface area contributed by atoms with Crippen molar-refractivity contribution in [1.29, 1.82) is 0 Å². The zero-order valence-corrected chi connectivity index (χ0v) is 28.8. The Morgan fingerprint density at radius 3 is 1.36 bits per heavy atom. The maximum absolute atomic E-state index is 2.52. The van der Waals surface area contributed by atoms with Gasteiger partial charge < -0.3 is 0 Å². The number of hydrogen-bond acceptors (Lipinski definition) is 0. The van der Waals surface area contributed by atoms with Crippen LogP contribution in [0.2, 0.25) is 0 Å². The molecular weight excluding hydrogens is 601 g/mol. The SMILES string of the molecule is CCC1(c2ccccc2)c2ccccc2-c2ccc(-c3c4ccccc4c(-c4ccc5c(c4)C(C)(C)c4ccccc4-5)c4ccccc34)cc21. The molecule has 0 aromatic heterocycles. The number of rotatable bonds is 4. The molecule has 2 aliphatic carbocycles. The lowest BCUT2D eigenvalue weighted by atomic mass is 9.70. The Bertz CT molecular complexity index is 2600. The van der Waals surface area contributed by atoms with E-state index in [-0.39, 0.29) is 10.8 Å². The molecule has 0 spiro atoms. The first-order valence-electron chi connectivity index (χ1n) is 18.0. The van der Waals surface area contributed by atoms with Crippen molar-refractivity contribution in [2.45, 2.75) is 38.0 Å². The Labute approximate surface area is 294 Å². The van der Waals surface area contributed by atoms with Gasteiger partial charge in [-0.25, -0.2) is 0 Å². The summed E-state index contributed by atoms with van der Waals surface area (Å²) in [5.41, 5.74) is 17.3. The van der Waals surface area contributed by atoms with E-state index in [0.29, 0.717) is 0 Å². The lowest BCUT2D eigenvalue weighted by molar-refractivity contribution is 0.609. The molecule has 0 nitrogen and oxygen atoms in total. The highest BCUT2D eigenvalue weighted by atomic mass is 14.5. The number of hydrogen-bond donors (Lipinski definition) is 0.